The van der Waals surface area contributed by atoms with Crippen LogP contribution in [0.4, 0.5) is 5.69 Å². The van der Waals surface area contributed by atoms with E-state index in [1.807, 2.05) is 30.3 Å². The Morgan fingerprint density at radius 3 is 2.53 bits per heavy atom. The molecule has 0 aliphatic carbocycles. The van der Waals surface area contributed by atoms with Crippen LogP contribution in [0.15, 0.2) is 49.6 Å². The van der Waals surface area contributed by atoms with Gasteiger partial charge >= 0.3 is 0 Å². The maximum absolute atomic E-state index is 11.1. The van der Waals surface area contributed by atoms with Crippen molar-refractivity contribution in [2.45, 2.75) is 25.7 Å². The number of nitrogens with one attached hydrogen (secondary N) is 1. The first-order valence-corrected chi connectivity index (χ1v) is 6.53. The van der Waals surface area contributed by atoms with E-state index in [-0.39, 0.29) is 5.91 Å². The molecule has 1 N–H and O–H groups in total. The van der Waals surface area contributed by atoms with Gasteiger partial charge in [0.25, 0.3) is 0 Å². The Labute approximate surface area is 115 Å². The molecule has 19 heavy (non-hydrogen) atoms. The van der Waals surface area contributed by atoms with Crippen LogP contribution in [0.25, 0.3) is 0 Å². The number of anilines is 1. The smallest absolute Gasteiger partial charge is 0.247 e. The van der Waals surface area contributed by atoms with Crippen molar-refractivity contribution >= 4 is 11.6 Å². The number of hydrogen-bond donors (Lipinski definition) is 1. The summed E-state index contributed by atoms with van der Waals surface area (Å²) in [6.45, 7) is 7.81. The minimum Gasteiger partial charge on any atom is -0.494 e. The zero-order valence-electron chi connectivity index (χ0n) is 11.2. The summed E-state index contributed by atoms with van der Waals surface area (Å²) in [5, 5.41) is 2.69. The largest absolute Gasteiger partial charge is 0.494 e. The third-order valence-corrected chi connectivity index (χ3v) is 2.63. The lowest BCUT2D eigenvalue weighted by Gasteiger charge is -2.07. The Bertz CT molecular complexity index is 409. The number of allylic oxidation sites excluding steroid dienone is 1. The molecule has 1 aromatic rings. The van der Waals surface area contributed by atoms with E-state index < -0.39 is 0 Å². The quantitative estimate of drug-likeness (QED) is 0.414. The number of benzene rings is 1. The molecule has 0 heterocycles. The van der Waals surface area contributed by atoms with E-state index in [0.29, 0.717) is 0 Å². The van der Waals surface area contributed by atoms with Crippen LogP contribution in [-0.4, -0.2) is 12.5 Å². The molecule has 0 atom stereocenters. The zero-order valence-corrected chi connectivity index (χ0v) is 11.2. The molecule has 0 aliphatic heterocycles. The molecule has 0 saturated carbocycles. The van der Waals surface area contributed by atoms with Crippen molar-refractivity contribution in [1.82, 2.24) is 0 Å². The van der Waals surface area contributed by atoms with E-state index in [1.54, 1.807) is 0 Å². The highest BCUT2D eigenvalue weighted by molar-refractivity contribution is 5.98. The topological polar surface area (TPSA) is 38.3 Å². The van der Waals surface area contributed by atoms with Crippen LogP contribution in [0.1, 0.15) is 25.7 Å². The zero-order chi connectivity index (χ0) is 13.9. The van der Waals surface area contributed by atoms with Crippen molar-refractivity contribution in [3.05, 3.63) is 49.6 Å². The lowest BCUT2D eigenvalue weighted by molar-refractivity contribution is -0.111. The van der Waals surface area contributed by atoms with Gasteiger partial charge in [-0.3, -0.25) is 4.79 Å². The number of rotatable bonds is 9. The number of unbranched alkanes of at least 4 members (excludes halogenated alkanes) is 3. The molecule has 3 heteroatoms. The molecule has 102 valence electrons. The van der Waals surface area contributed by atoms with Gasteiger partial charge in [0.15, 0.2) is 0 Å². The molecule has 0 aromatic heterocycles. The van der Waals surface area contributed by atoms with Gasteiger partial charge in [0.05, 0.1) is 6.61 Å². The SMILES string of the molecule is C=CCCCCCOc1ccc(NC(=O)C=C)cc1. The summed E-state index contributed by atoms with van der Waals surface area (Å²) < 4.78 is 5.61. The van der Waals surface area contributed by atoms with E-state index in [1.165, 1.54) is 12.5 Å². The van der Waals surface area contributed by atoms with Crippen LogP contribution in [0.3, 0.4) is 0 Å². The average Bonchev–Trinajstić information content (AvgIpc) is 2.44. The van der Waals surface area contributed by atoms with Crippen LogP contribution in [0.5, 0.6) is 5.75 Å². The predicted octanol–water partition coefficient (Wildman–Crippen LogP) is 3.94. The third-order valence-electron chi connectivity index (χ3n) is 2.63. The summed E-state index contributed by atoms with van der Waals surface area (Å²) in [5.74, 6) is 0.608. The van der Waals surface area contributed by atoms with E-state index in [0.717, 1.165) is 37.3 Å². The maximum Gasteiger partial charge on any atom is 0.247 e. The predicted molar refractivity (Wildman–Crippen MR) is 79.4 cm³/mol. The third kappa shape index (κ3) is 6.46. The minimum absolute atomic E-state index is 0.212. The molecule has 1 rings (SSSR count). The number of carbonyl (C=O) groups excluding carboxylic acids is 1. The first-order valence-electron chi connectivity index (χ1n) is 6.53. The Balaban J connectivity index is 2.26. The van der Waals surface area contributed by atoms with Gasteiger partial charge in [-0.2, -0.15) is 0 Å². The fourth-order valence-electron chi connectivity index (χ4n) is 1.59. The van der Waals surface area contributed by atoms with Crippen LogP contribution >= 0.6 is 0 Å². The van der Waals surface area contributed by atoms with Gasteiger partial charge in [-0.15, -0.1) is 6.58 Å². The molecule has 1 aromatic carbocycles. The van der Waals surface area contributed by atoms with Crippen molar-refractivity contribution in [3.8, 4) is 5.75 Å². The van der Waals surface area contributed by atoms with Crippen molar-refractivity contribution in [2.75, 3.05) is 11.9 Å². The molecular weight excluding hydrogens is 238 g/mol. The van der Waals surface area contributed by atoms with Crippen molar-refractivity contribution in [1.29, 1.82) is 0 Å². The van der Waals surface area contributed by atoms with E-state index in [2.05, 4.69) is 18.5 Å². The lowest BCUT2D eigenvalue weighted by Crippen LogP contribution is -2.07. The van der Waals surface area contributed by atoms with Gasteiger partial charge in [0.2, 0.25) is 5.91 Å². The second-order valence-electron chi connectivity index (χ2n) is 4.20. The van der Waals surface area contributed by atoms with Crippen LogP contribution in [-0.2, 0) is 4.79 Å². The molecule has 0 bridgehead atoms. The number of ether oxygens (including phenoxy) is 1. The molecule has 1 amide bonds. The Kier molecular flexibility index (Phi) is 7.10. The van der Waals surface area contributed by atoms with Gasteiger partial charge < -0.3 is 10.1 Å². The Morgan fingerprint density at radius 1 is 1.16 bits per heavy atom. The van der Waals surface area contributed by atoms with Gasteiger partial charge in [-0.25, -0.2) is 0 Å². The Morgan fingerprint density at radius 2 is 1.89 bits per heavy atom. The lowest BCUT2D eigenvalue weighted by atomic mass is 10.2. The highest BCUT2D eigenvalue weighted by Gasteiger charge is 1.98. The summed E-state index contributed by atoms with van der Waals surface area (Å²) >= 11 is 0. The molecule has 0 saturated heterocycles. The molecular formula is C16H21NO2. The fraction of sp³-hybridized carbons (Fsp3) is 0.312. The normalized spacial score (nSPS) is 9.68. The number of amides is 1. The fourth-order valence-corrected chi connectivity index (χ4v) is 1.59. The second-order valence-corrected chi connectivity index (χ2v) is 4.20. The molecule has 0 spiro atoms. The molecule has 0 fully saturated rings. The summed E-state index contributed by atoms with van der Waals surface area (Å²) in [5.41, 5.74) is 0.739. The first kappa shape index (κ1) is 15.0. The van der Waals surface area contributed by atoms with Gasteiger partial charge in [-0.05, 0) is 56.0 Å². The molecule has 0 aliphatic rings. The van der Waals surface area contributed by atoms with Crippen LogP contribution < -0.4 is 10.1 Å². The molecule has 0 radical (unpaired) electrons. The Hall–Kier alpha value is -2.03. The summed E-state index contributed by atoms with van der Waals surface area (Å²) in [6.07, 6.45) is 7.62. The van der Waals surface area contributed by atoms with Gasteiger partial charge in [-0.1, -0.05) is 12.7 Å². The van der Waals surface area contributed by atoms with Crippen molar-refractivity contribution < 1.29 is 9.53 Å². The average molecular weight is 259 g/mol. The van der Waals surface area contributed by atoms with E-state index in [9.17, 15) is 4.79 Å². The molecule has 0 unspecified atom stereocenters. The highest BCUT2D eigenvalue weighted by atomic mass is 16.5. The molecule has 3 nitrogen and oxygen atoms in total. The van der Waals surface area contributed by atoms with Crippen LogP contribution in [0, 0.1) is 0 Å². The van der Waals surface area contributed by atoms with Crippen molar-refractivity contribution in [3.63, 3.8) is 0 Å². The van der Waals surface area contributed by atoms with E-state index in [4.69, 9.17) is 4.74 Å². The van der Waals surface area contributed by atoms with Gasteiger partial charge in [0, 0.05) is 5.69 Å². The van der Waals surface area contributed by atoms with E-state index >= 15 is 0 Å². The monoisotopic (exact) mass is 259 g/mol. The summed E-state index contributed by atoms with van der Waals surface area (Å²) in [7, 11) is 0. The summed E-state index contributed by atoms with van der Waals surface area (Å²) in [6, 6.07) is 7.33. The van der Waals surface area contributed by atoms with Gasteiger partial charge in [0.1, 0.15) is 5.75 Å². The highest BCUT2D eigenvalue weighted by Crippen LogP contribution is 2.16. The number of hydrogen-bond acceptors (Lipinski definition) is 2. The second kappa shape index (κ2) is 8.97. The standard InChI is InChI=1S/C16H21NO2/c1-3-5-6-7-8-13-19-15-11-9-14(10-12-15)17-16(18)4-2/h3-4,9-12H,1-2,5-8,13H2,(H,17,18). The van der Waals surface area contributed by atoms with Crippen molar-refractivity contribution in [2.24, 2.45) is 0 Å². The van der Waals surface area contributed by atoms with Crippen LogP contribution in [0.2, 0.25) is 0 Å². The minimum atomic E-state index is -0.212. The first-order chi connectivity index (χ1) is 9.26. The maximum atomic E-state index is 11.1. The summed E-state index contributed by atoms with van der Waals surface area (Å²) in [4.78, 5) is 11.1. The number of carbonyl (C=O) groups is 1.